The highest BCUT2D eigenvalue weighted by molar-refractivity contribution is 5.95. The SMILES string of the molecule is CC1=CCC(c2ccc(C(=O)NCC(=O)O)cc2)C(C)=C1. The Kier molecular flexibility index (Phi) is 4.58. The summed E-state index contributed by atoms with van der Waals surface area (Å²) >= 11 is 0. The van der Waals surface area contributed by atoms with Crippen LogP contribution in [0.1, 0.15) is 42.1 Å². The average molecular weight is 285 g/mol. The minimum Gasteiger partial charge on any atom is -0.480 e. The number of rotatable bonds is 4. The zero-order chi connectivity index (χ0) is 15.4. The molecule has 0 fully saturated rings. The molecule has 0 spiro atoms. The summed E-state index contributed by atoms with van der Waals surface area (Å²) in [5, 5.41) is 10.9. The van der Waals surface area contributed by atoms with E-state index in [1.54, 1.807) is 12.1 Å². The fourth-order valence-corrected chi connectivity index (χ4v) is 2.53. The lowest BCUT2D eigenvalue weighted by Gasteiger charge is -2.21. The third kappa shape index (κ3) is 3.81. The second-order valence-corrected chi connectivity index (χ2v) is 5.32. The smallest absolute Gasteiger partial charge is 0.322 e. The van der Waals surface area contributed by atoms with Crippen molar-refractivity contribution in [2.45, 2.75) is 26.2 Å². The number of benzene rings is 1. The predicted octanol–water partition coefficient (Wildman–Crippen LogP) is 2.88. The molecule has 2 N–H and O–H groups in total. The Morgan fingerprint density at radius 1 is 1.24 bits per heavy atom. The van der Waals surface area contributed by atoms with Crippen LogP contribution in [0.5, 0.6) is 0 Å². The molecule has 1 aromatic rings. The largest absolute Gasteiger partial charge is 0.480 e. The maximum Gasteiger partial charge on any atom is 0.322 e. The van der Waals surface area contributed by atoms with Gasteiger partial charge < -0.3 is 10.4 Å². The number of hydrogen-bond donors (Lipinski definition) is 2. The molecule has 1 aliphatic carbocycles. The lowest BCUT2D eigenvalue weighted by atomic mass is 9.84. The van der Waals surface area contributed by atoms with E-state index in [9.17, 15) is 9.59 Å². The second kappa shape index (κ2) is 6.39. The number of carboxylic acid groups (broad SMARTS) is 1. The van der Waals surface area contributed by atoms with E-state index < -0.39 is 5.97 Å². The van der Waals surface area contributed by atoms with Gasteiger partial charge >= 0.3 is 5.97 Å². The van der Waals surface area contributed by atoms with Gasteiger partial charge in [-0.25, -0.2) is 0 Å². The third-order valence-electron chi connectivity index (χ3n) is 3.66. The van der Waals surface area contributed by atoms with Gasteiger partial charge in [0.1, 0.15) is 6.54 Å². The molecule has 0 saturated heterocycles. The van der Waals surface area contributed by atoms with E-state index in [2.05, 4.69) is 31.3 Å². The van der Waals surface area contributed by atoms with Gasteiger partial charge in [0.2, 0.25) is 0 Å². The molecule has 0 heterocycles. The number of aliphatic carboxylic acids is 1. The summed E-state index contributed by atoms with van der Waals surface area (Å²) in [6.45, 7) is 3.85. The van der Waals surface area contributed by atoms with E-state index >= 15 is 0 Å². The Hall–Kier alpha value is -2.36. The van der Waals surface area contributed by atoms with Crippen LogP contribution in [0.15, 0.2) is 47.6 Å². The maximum absolute atomic E-state index is 11.7. The minimum absolute atomic E-state index is 0.352. The molecular weight excluding hydrogens is 266 g/mol. The Balaban J connectivity index is 2.07. The summed E-state index contributed by atoms with van der Waals surface area (Å²) in [7, 11) is 0. The van der Waals surface area contributed by atoms with Gasteiger partial charge in [-0.1, -0.05) is 35.4 Å². The lowest BCUT2D eigenvalue weighted by Crippen LogP contribution is -2.29. The molecule has 4 heteroatoms. The molecule has 1 atom stereocenters. The van der Waals surface area contributed by atoms with E-state index in [0.29, 0.717) is 11.5 Å². The van der Waals surface area contributed by atoms with Crippen LogP contribution in [0.2, 0.25) is 0 Å². The molecule has 0 saturated carbocycles. The molecular formula is C17H19NO3. The van der Waals surface area contributed by atoms with Crippen molar-refractivity contribution in [2.24, 2.45) is 0 Å². The quantitative estimate of drug-likeness (QED) is 0.894. The highest BCUT2D eigenvalue weighted by atomic mass is 16.4. The maximum atomic E-state index is 11.7. The lowest BCUT2D eigenvalue weighted by molar-refractivity contribution is -0.135. The van der Waals surface area contributed by atoms with Crippen LogP contribution in [0, 0.1) is 0 Å². The summed E-state index contributed by atoms with van der Waals surface area (Å²) in [5.74, 6) is -1.06. The number of allylic oxidation sites excluding steroid dienone is 4. The molecule has 0 radical (unpaired) electrons. The van der Waals surface area contributed by atoms with Gasteiger partial charge in [0.05, 0.1) is 0 Å². The third-order valence-corrected chi connectivity index (χ3v) is 3.66. The van der Waals surface area contributed by atoms with Gasteiger partial charge in [0.15, 0.2) is 0 Å². The van der Waals surface area contributed by atoms with Crippen molar-refractivity contribution in [3.8, 4) is 0 Å². The fourth-order valence-electron chi connectivity index (χ4n) is 2.53. The number of amides is 1. The first-order chi connectivity index (χ1) is 9.97. The standard InChI is InChI=1S/C17H19NO3/c1-11-3-8-15(12(2)9-11)13-4-6-14(7-5-13)17(21)18-10-16(19)20/h3-7,9,15H,8,10H2,1-2H3,(H,18,21)(H,19,20). The first-order valence-electron chi connectivity index (χ1n) is 6.92. The number of carboxylic acids is 1. The highest BCUT2D eigenvalue weighted by Crippen LogP contribution is 2.32. The van der Waals surface area contributed by atoms with Crippen molar-refractivity contribution in [3.63, 3.8) is 0 Å². The van der Waals surface area contributed by atoms with Gasteiger partial charge in [-0.3, -0.25) is 9.59 Å². The molecule has 2 rings (SSSR count). The number of carbonyl (C=O) groups excluding carboxylic acids is 1. The van der Waals surface area contributed by atoms with Crippen molar-refractivity contribution >= 4 is 11.9 Å². The molecule has 0 aliphatic heterocycles. The van der Waals surface area contributed by atoms with Crippen molar-refractivity contribution in [1.82, 2.24) is 5.32 Å². The number of hydrogen-bond acceptors (Lipinski definition) is 2. The molecule has 4 nitrogen and oxygen atoms in total. The molecule has 110 valence electrons. The van der Waals surface area contributed by atoms with Gasteiger partial charge in [-0.2, -0.15) is 0 Å². The number of carbonyl (C=O) groups is 2. The van der Waals surface area contributed by atoms with Crippen LogP contribution in [0.4, 0.5) is 0 Å². The Morgan fingerprint density at radius 3 is 2.48 bits per heavy atom. The molecule has 1 amide bonds. The van der Waals surface area contributed by atoms with E-state index in [-0.39, 0.29) is 12.5 Å². The average Bonchev–Trinajstić information content (AvgIpc) is 2.45. The number of nitrogens with one attached hydrogen (secondary N) is 1. The van der Waals surface area contributed by atoms with Gasteiger partial charge in [-0.15, -0.1) is 0 Å². The van der Waals surface area contributed by atoms with Gasteiger partial charge in [0, 0.05) is 11.5 Å². The van der Waals surface area contributed by atoms with E-state index in [0.717, 1.165) is 6.42 Å². The van der Waals surface area contributed by atoms with Crippen LogP contribution >= 0.6 is 0 Å². The Morgan fingerprint density at radius 2 is 1.90 bits per heavy atom. The van der Waals surface area contributed by atoms with Crippen LogP contribution in [-0.4, -0.2) is 23.5 Å². The van der Waals surface area contributed by atoms with Gasteiger partial charge in [0.25, 0.3) is 5.91 Å². The summed E-state index contributed by atoms with van der Waals surface area (Å²) in [4.78, 5) is 22.2. The predicted molar refractivity (Wildman–Crippen MR) is 81.3 cm³/mol. The summed E-state index contributed by atoms with van der Waals surface area (Å²) in [6, 6.07) is 7.36. The monoisotopic (exact) mass is 285 g/mol. The Labute approximate surface area is 124 Å². The van der Waals surface area contributed by atoms with Crippen molar-refractivity contribution in [2.75, 3.05) is 6.54 Å². The first kappa shape index (κ1) is 15.0. The molecule has 0 aromatic heterocycles. The molecule has 1 unspecified atom stereocenters. The minimum atomic E-state index is -1.05. The van der Waals surface area contributed by atoms with E-state index in [1.165, 1.54) is 16.7 Å². The molecule has 21 heavy (non-hydrogen) atoms. The molecule has 1 aliphatic rings. The van der Waals surface area contributed by atoms with E-state index in [1.807, 2.05) is 12.1 Å². The molecule has 0 bridgehead atoms. The van der Waals surface area contributed by atoms with Crippen LogP contribution < -0.4 is 5.32 Å². The van der Waals surface area contributed by atoms with Crippen molar-refractivity contribution in [3.05, 3.63) is 58.7 Å². The van der Waals surface area contributed by atoms with E-state index in [4.69, 9.17) is 5.11 Å². The normalized spacial score (nSPS) is 17.7. The zero-order valence-electron chi connectivity index (χ0n) is 12.2. The second-order valence-electron chi connectivity index (χ2n) is 5.32. The Bertz CT molecular complexity index is 611. The topological polar surface area (TPSA) is 66.4 Å². The molecule has 1 aromatic carbocycles. The van der Waals surface area contributed by atoms with Crippen LogP contribution in [-0.2, 0) is 4.79 Å². The summed E-state index contributed by atoms with van der Waals surface area (Å²) in [6.07, 6.45) is 5.37. The zero-order valence-corrected chi connectivity index (χ0v) is 12.2. The summed E-state index contributed by atoms with van der Waals surface area (Å²) < 4.78 is 0. The van der Waals surface area contributed by atoms with Crippen LogP contribution in [0.3, 0.4) is 0 Å². The van der Waals surface area contributed by atoms with Crippen molar-refractivity contribution in [1.29, 1.82) is 0 Å². The fraction of sp³-hybridized carbons (Fsp3) is 0.294. The first-order valence-corrected chi connectivity index (χ1v) is 6.92. The van der Waals surface area contributed by atoms with Gasteiger partial charge in [-0.05, 0) is 38.0 Å². The van der Waals surface area contributed by atoms with Crippen molar-refractivity contribution < 1.29 is 14.7 Å². The highest BCUT2D eigenvalue weighted by Gasteiger charge is 2.16. The van der Waals surface area contributed by atoms with Crippen LogP contribution in [0.25, 0.3) is 0 Å². The summed E-state index contributed by atoms with van der Waals surface area (Å²) in [5.41, 5.74) is 4.25.